The SMILES string of the molecule is CC[C@H](C)[C@H](CO)NCc1cnc(C2CCC2)s1. The van der Waals surface area contributed by atoms with Gasteiger partial charge in [0.1, 0.15) is 0 Å². The van der Waals surface area contributed by atoms with Crippen LogP contribution in [0.1, 0.15) is 55.3 Å². The molecule has 0 spiro atoms. The van der Waals surface area contributed by atoms with E-state index in [-0.39, 0.29) is 12.6 Å². The van der Waals surface area contributed by atoms with E-state index in [9.17, 15) is 5.11 Å². The minimum atomic E-state index is 0.198. The van der Waals surface area contributed by atoms with Crippen molar-refractivity contribution in [3.63, 3.8) is 0 Å². The van der Waals surface area contributed by atoms with Crippen molar-refractivity contribution in [2.45, 2.75) is 58.0 Å². The Morgan fingerprint density at radius 1 is 1.56 bits per heavy atom. The van der Waals surface area contributed by atoms with Crippen LogP contribution in [0.3, 0.4) is 0 Å². The maximum atomic E-state index is 9.37. The number of nitrogens with one attached hydrogen (secondary N) is 1. The highest BCUT2D eigenvalue weighted by Gasteiger charge is 2.22. The minimum Gasteiger partial charge on any atom is -0.395 e. The topological polar surface area (TPSA) is 45.1 Å². The first kappa shape index (κ1) is 14.0. The van der Waals surface area contributed by atoms with Crippen molar-refractivity contribution in [2.24, 2.45) is 5.92 Å². The van der Waals surface area contributed by atoms with Crippen LogP contribution in [0.25, 0.3) is 0 Å². The van der Waals surface area contributed by atoms with Gasteiger partial charge in [-0.05, 0) is 18.8 Å². The molecule has 0 amide bonds. The van der Waals surface area contributed by atoms with E-state index in [2.05, 4.69) is 24.1 Å². The van der Waals surface area contributed by atoms with Crippen molar-refractivity contribution in [1.29, 1.82) is 0 Å². The zero-order chi connectivity index (χ0) is 13.0. The largest absolute Gasteiger partial charge is 0.395 e. The van der Waals surface area contributed by atoms with Gasteiger partial charge in [0.05, 0.1) is 11.6 Å². The zero-order valence-corrected chi connectivity index (χ0v) is 12.2. The number of aromatic nitrogens is 1. The van der Waals surface area contributed by atoms with Crippen LogP contribution < -0.4 is 5.32 Å². The number of aliphatic hydroxyl groups is 1. The molecule has 1 aromatic rings. The number of aliphatic hydroxyl groups excluding tert-OH is 1. The van der Waals surface area contributed by atoms with Crippen LogP contribution in [-0.2, 0) is 6.54 Å². The number of nitrogens with zero attached hydrogens (tertiary/aromatic N) is 1. The first-order valence-electron chi connectivity index (χ1n) is 7.03. The average Bonchev–Trinajstić information content (AvgIpc) is 2.75. The molecular formula is C14H24N2OS. The van der Waals surface area contributed by atoms with Crippen molar-refractivity contribution in [2.75, 3.05) is 6.61 Å². The fourth-order valence-corrected chi connectivity index (χ4v) is 3.25. The van der Waals surface area contributed by atoms with Crippen molar-refractivity contribution in [1.82, 2.24) is 10.3 Å². The van der Waals surface area contributed by atoms with Crippen LogP contribution >= 0.6 is 11.3 Å². The Balaban J connectivity index is 1.83. The minimum absolute atomic E-state index is 0.198. The normalized spacial score (nSPS) is 19.5. The van der Waals surface area contributed by atoms with Gasteiger partial charge in [-0.2, -0.15) is 0 Å². The predicted molar refractivity (Wildman–Crippen MR) is 75.9 cm³/mol. The van der Waals surface area contributed by atoms with E-state index in [0.717, 1.165) is 18.9 Å². The Morgan fingerprint density at radius 3 is 2.89 bits per heavy atom. The summed E-state index contributed by atoms with van der Waals surface area (Å²) >= 11 is 1.83. The van der Waals surface area contributed by atoms with Crippen LogP contribution in [0.2, 0.25) is 0 Å². The Labute approximate surface area is 114 Å². The van der Waals surface area contributed by atoms with Gasteiger partial charge in [-0.25, -0.2) is 4.98 Å². The lowest BCUT2D eigenvalue weighted by Gasteiger charge is -2.23. The molecular weight excluding hydrogens is 244 g/mol. The van der Waals surface area contributed by atoms with Crippen LogP contribution in [0.15, 0.2) is 6.20 Å². The van der Waals surface area contributed by atoms with Crippen molar-refractivity contribution < 1.29 is 5.11 Å². The van der Waals surface area contributed by atoms with Gasteiger partial charge in [0.15, 0.2) is 0 Å². The summed E-state index contributed by atoms with van der Waals surface area (Å²) in [4.78, 5) is 5.81. The fraction of sp³-hybridized carbons (Fsp3) is 0.786. The predicted octanol–water partition coefficient (Wildman–Crippen LogP) is 2.91. The molecule has 1 aliphatic rings. The quantitative estimate of drug-likeness (QED) is 0.799. The summed E-state index contributed by atoms with van der Waals surface area (Å²) in [5.41, 5.74) is 0. The van der Waals surface area contributed by atoms with Gasteiger partial charge in [0.2, 0.25) is 0 Å². The van der Waals surface area contributed by atoms with E-state index in [0.29, 0.717) is 5.92 Å². The van der Waals surface area contributed by atoms with Gasteiger partial charge in [-0.1, -0.05) is 26.7 Å². The van der Waals surface area contributed by atoms with E-state index in [1.165, 1.54) is 29.1 Å². The molecule has 0 bridgehead atoms. The lowest BCUT2D eigenvalue weighted by atomic mass is 9.86. The molecule has 102 valence electrons. The molecule has 0 aliphatic heterocycles. The van der Waals surface area contributed by atoms with Crippen LogP contribution in [0.5, 0.6) is 0 Å². The first-order chi connectivity index (χ1) is 8.74. The van der Waals surface area contributed by atoms with Gasteiger partial charge >= 0.3 is 0 Å². The van der Waals surface area contributed by atoms with Crippen molar-refractivity contribution in [3.8, 4) is 0 Å². The molecule has 0 saturated heterocycles. The van der Waals surface area contributed by atoms with E-state index in [1.54, 1.807) is 0 Å². The zero-order valence-electron chi connectivity index (χ0n) is 11.4. The molecule has 1 aliphatic carbocycles. The molecule has 2 N–H and O–H groups in total. The monoisotopic (exact) mass is 268 g/mol. The van der Waals surface area contributed by atoms with Gasteiger partial charge in [0, 0.05) is 29.6 Å². The summed E-state index contributed by atoms with van der Waals surface area (Å²) in [5, 5.41) is 14.1. The second-order valence-corrected chi connectivity index (χ2v) is 6.49. The molecule has 1 heterocycles. The third kappa shape index (κ3) is 3.31. The molecule has 1 saturated carbocycles. The molecule has 0 aromatic carbocycles. The standard InChI is InChI=1S/C14H24N2OS/c1-3-10(2)13(9-17)15-7-12-8-16-14(18-12)11-5-4-6-11/h8,10-11,13,15,17H,3-7,9H2,1-2H3/t10-,13-/m0/s1. The average molecular weight is 268 g/mol. The van der Waals surface area contributed by atoms with E-state index < -0.39 is 0 Å². The summed E-state index contributed by atoms with van der Waals surface area (Å²) in [6.45, 7) is 5.39. The lowest BCUT2D eigenvalue weighted by Crippen LogP contribution is -2.37. The van der Waals surface area contributed by atoms with Gasteiger partial charge in [0.25, 0.3) is 0 Å². The van der Waals surface area contributed by atoms with Crippen molar-refractivity contribution in [3.05, 3.63) is 16.1 Å². The lowest BCUT2D eigenvalue weighted by molar-refractivity contribution is 0.201. The Morgan fingerprint density at radius 2 is 2.33 bits per heavy atom. The highest BCUT2D eigenvalue weighted by atomic mass is 32.1. The highest BCUT2D eigenvalue weighted by Crippen LogP contribution is 2.38. The van der Waals surface area contributed by atoms with Crippen LogP contribution in [0.4, 0.5) is 0 Å². The summed E-state index contributed by atoms with van der Waals surface area (Å²) in [5.74, 6) is 1.24. The summed E-state index contributed by atoms with van der Waals surface area (Å²) in [7, 11) is 0. The highest BCUT2D eigenvalue weighted by molar-refractivity contribution is 7.11. The molecule has 2 atom stereocenters. The van der Waals surface area contributed by atoms with Crippen LogP contribution in [0, 0.1) is 5.92 Å². The summed E-state index contributed by atoms with van der Waals surface area (Å²) < 4.78 is 0. The Bertz CT molecular complexity index is 362. The second kappa shape index (κ2) is 6.64. The molecule has 3 nitrogen and oxygen atoms in total. The smallest absolute Gasteiger partial charge is 0.0959 e. The number of hydrogen-bond donors (Lipinski definition) is 2. The fourth-order valence-electron chi connectivity index (χ4n) is 2.21. The van der Waals surface area contributed by atoms with E-state index in [1.807, 2.05) is 17.5 Å². The Hall–Kier alpha value is -0.450. The van der Waals surface area contributed by atoms with E-state index >= 15 is 0 Å². The van der Waals surface area contributed by atoms with E-state index in [4.69, 9.17) is 0 Å². The number of rotatable bonds is 7. The molecule has 1 aromatic heterocycles. The number of thiazole rings is 1. The maximum absolute atomic E-state index is 9.37. The first-order valence-corrected chi connectivity index (χ1v) is 7.85. The molecule has 18 heavy (non-hydrogen) atoms. The number of hydrogen-bond acceptors (Lipinski definition) is 4. The molecule has 0 unspecified atom stereocenters. The van der Waals surface area contributed by atoms with Crippen LogP contribution in [-0.4, -0.2) is 22.7 Å². The third-order valence-corrected chi connectivity index (χ3v) is 5.25. The van der Waals surface area contributed by atoms with Gasteiger partial charge in [-0.3, -0.25) is 0 Å². The van der Waals surface area contributed by atoms with Gasteiger partial charge in [-0.15, -0.1) is 11.3 Å². The van der Waals surface area contributed by atoms with Gasteiger partial charge < -0.3 is 10.4 Å². The molecule has 2 rings (SSSR count). The molecule has 4 heteroatoms. The maximum Gasteiger partial charge on any atom is 0.0959 e. The molecule has 1 fully saturated rings. The second-order valence-electron chi connectivity index (χ2n) is 5.35. The molecule has 0 radical (unpaired) electrons. The summed E-state index contributed by atoms with van der Waals surface area (Å²) in [6, 6.07) is 0.198. The Kier molecular flexibility index (Phi) is 5.15. The van der Waals surface area contributed by atoms with Crippen molar-refractivity contribution >= 4 is 11.3 Å². The summed E-state index contributed by atoms with van der Waals surface area (Å²) in [6.07, 6.45) is 7.07. The third-order valence-electron chi connectivity index (χ3n) is 4.09.